The Morgan fingerprint density at radius 3 is 2.42 bits per heavy atom. The van der Waals surface area contributed by atoms with E-state index in [0.29, 0.717) is 42.2 Å². The van der Waals surface area contributed by atoms with Gasteiger partial charge in [-0.2, -0.15) is 0 Å². The van der Waals surface area contributed by atoms with Crippen molar-refractivity contribution in [3.8, 4) is 0 Å². The molecule has 0 unspecified atom stereocenters. The van der Waals surface area contributed by atoms with Crippen molar-refractivity contribution in [2.75, 3.05) is 36.4 Å². The molecule has 2 fully saturated rings. The van der Waals surface area contributed by atoms with Gasteiger partial charge >= 0.3 is 0 Å². The van der Waals surface area contributed by atoms with Gasteiger partial charge in [0, 0.05) is 38.6 Å². The number of pyridine rings is 2. The van der Waals surface area contributed by atoms with Gasteiger partial charge in [0.2, 0.25) is 0 Å². The molecule has 8 nitrogen and oxygen atoms in total. The standard InChI is InChI=1S/C30H33N5O3/c1-20-5-7-25-24(15-20)19-38-30(25)9-13-35(14-10-30)29(37)23-16-26(21(2)31-18-23)33-28(36)22-6-8-27(32-17-22)34-11-3-4-12-34/h5-8,15-18H,3-4,9-14,19H2,1-2H3,(H,33,36). The minimum Gasteiger partial charge on any atom is -0.365 e. The quantitative estimate of drug-likeness (QED) is 0.551. The van der Waals surface area contributed by atoms with Gasteiger partial charge in [0.05, 0.1) is 34.7 Å². The Bertz CT molecular complexity index is 1370. The molecule has 2 aromatic heterocycles. The minimum absolute atomic E-state index is 0.0818. The maximum absolute atomic E-state index is 13.4. The van der Waals surface area contributed by atoms with Crippen LogP contribution >= 0.6 is 0 Å². The molecule has 1 spiro atoms. The maximum atomic E-state index is 13.4. The van der Waals surface area contributed by atoms with Crippen LogP contribution in [0.15, 0.2) is 48.8 Å². The Kier molecular flexibility index (Phi) is 6.35. The van der Waals surface area contributed by atoms with E-state index in [0.717, 1.165) is 31.7 Å². The average Bonchev–Trinajstić information content (AvgIpc) is 3.59. The van der Waals surface area contributed by atoms with Crippen LogP contribution in [0.2, 0.25) is 0 Å². The Morgan fingerprint density at radius 1 is 0.921 bits per heavy atom. The second-order valence-corrected chi connectivity index (χ2v) is 10.6. The average molecular weight is 512 g/mol. The molecule has 2 saturated heterocycles. The van der Waals surface area contributed by atoms with Crippen LogP contribution in [0, 0.1) is 13.8 Å². The third-order valence-electron chi connectivity index (χ3n) is 8.14. The number of anilines is 2. The Balaban J connectivity index is 1.12. The van der Waals surface area contributed by atoms with E-state index in [2.05, 4.69) is 45.3 Å². The van der Waals surface area contributed by atoms with Gasteiger partial charge < -0.3 is 19.9 Å². The van der Waals surface area contributed by atoms with Crippen LogP contribution in [0.25, 0.3) is 0 Å². The lowest BCUT2D eigenvalue weighted by molar-refractivity contribution is -0.0741. The monoisotopic (exact) mass is 511 g/mol. The highest BCUT2D eigenvalue weighted by molar-refractivity contribution is 6.05. The molecule has 8 heteroatoms. The molecule has 38 heavy (non-hydrogen) atoms. The number of hydrogen-bond acceptors (Lipinski definition) is 6. The van der Waals surface area contributed by atoms with Crippen molar-refractivity contribution in [1.29, 1.82) is 0 Å². The summed E-state index contributed by atoms with van der Waals surface area (Å²) >= 11 is 0. The molecule has 1 N–H and O–H groups in total. The summed E-state index contributed by atoms with van der Waals surface area (Å²) in [5.74, 6) is 0.545. The van der Waals surface area contributed by atoms with Crippen molar-refractivity contribution in [3.63, 3.8) is 0 Å². The number of fused-ring (bicyclic) bond motifs is 2. The second-order valence-electron chi connectivity index (χ2n) is 10.6. The van der Waals surface area contributed by atoms with Crippen molar-refractivity contribution in [1.82, 2.24) is 14.9 Å². The van der Waals surface area contributed by atoms with Crippen LogP contribution in [-0.4, -0.2) is 52.9 Å². The number of carbonyl (C=O) groups is 2. The molecule has 6 rings (SSSR count). The van der Waals surface area contributed by atoms with E-state index in [-0.39, 0.29) is 17.4 Å². The molecule has 2 amide bonds. The number of carbonyl (C=O) groups excluding carboxylic acids is 2. The number of aromatic nitrogens is 2. The van der Waals surface area contributed by atoms with Gasteiger partial charge in [-0.1, -0.05) is 23.8 Å². The molecule has 196 valence electrons. The van der Waals surface area contributed by atoms with E-state index in [1.807, 2.05) is 17.9 Å². The van der Waals surface area contributed by atoms with Gasteiger partial charge in [-0.3, -0.25) is 14.6 Å². The van der Waals surface area contributed by atoms with Gasteiger partial charge in [0.25, 0.3) is 11.8 Å². The first kappa shape index (κ1) is 24.6. The van der Waals surface area contributed by atoms with Crippen molar-refractivity contribution in [2.45, 2.75) is 51.7 Å². The maximum Gasteiger partial charge on any atom is 0.257 e. The summed E-state index contributed by atoms with van der Waals surface area (Å²) in [6, 6.07) is 11.9. The number of aryl methyl sites for hydroxylation is 2. The molecule has 0 radical (unpaired) electrons. The van der Waals surface area contributed by atoms with E-state index < -0.39 is 0 Å². The zero-order chi connectivity index (χ0) is 26.3. The molecule has 3 aromatic rings. The highest BCUT2D eigenvalue weighted by Gasteiger charge is 2.43. The van der Waals surface area contributed by atoms with Crippen LogP contribution in [-0.2, 0) is 16.9 Å². The predicted octanol–water partition coefficient (Wildman–Crippen LogP) is 4.61. The molecule has 0 saturated carbocycles. The Morgan fingerprint density at radius 2 is 1.68 bits per heavy atom. The normalized spacial score (nSPS) is 18.1. The largest absolute Gasteiger partial charge is 0.365 e. The lowest BCUT2D eigenvalue weighted by Gasteiger charge is -2.39. The first-order valence-electron chi connectivity index (χ1n) is 13.4. The van der Waals surface area contributed by atoms with Gasteiger partial charge in [-0.05, 0) is 68.9 Å². The number of amides is 2. The zero-order valence-electron chi connectivity index (χ0n) is 22.0. The van der Waals surface area contributed by atoms with Crippen LogP contribution in [0.5, 0.6) is 0 Å². The van der Waals surface area contributed by atoms with E-state index in [1.165, 1.54) is 29.5 Å². The van der Waals surface area contributed by atoms with Crippen molar-refractivity contribution < 1.29 is 14.3 Å². The number of benzene rings is 1. The summed E-state index contributed by atoms with van der Waals surface area (Å²) in [5.41, 5.74) is 5.58. The predicted molar refractivity (Wildman–Crippen MR) is 145 cm³/mol. The van der Waals surface area contributed by atoms with E-state index >= 15 is 0 Å². The van der Waals surface area contributed by atoms with Crippen LogP contribution in [0.1, 0.15) is 68.8 Å². The molecular weight excluding hydrogens is 478 g/mol. The topological polar surface area (TPSA) is 87.7 Å². The number of nitrogens with zero attached hydrogens (tertiary/aromatic N) is 4. The van der Waals surface area contributed by atoms with E-state index in [9.17, 15) is 9.59 Å². The number of ether oxygens (including phenoxy) is 1. The van der Waals surface area contributed by atoms with Crippen molar-refractivity contribution >= 4 is 23.3 Å². The number of piperidine rings is 1. The number of likely N-dealkylation sites (tertiary alicyclic amines) is 1. The molecule has 0 bridgehead atoms. The third kappa shape index (κ3) is 4.53. The number of rotatable bonds is 4. The molecule has 5 heterocycles. The molecule has 0 aliphatic carbocycles. The molecule has 0 atom stereocenters. The SMILES string of the molecule is Cc1ccc2c(c1)COC21CCN(C(=O)c2cnc(C)c(NC(=O)c3ccc(N4CCCC4)nc3)c2)CC1. The van der Waals surface area contributed by atoms with Gasteiger partial charge in [-0.15, -0.1) is 0 Å². The van der Waals surface area contributed by atoms with Crippen LogP contribution < -0.4 is 10.2 Å². The summed E-state index contributed by atoms with van der Waals surface area (Å²) < 4.78 is 6.29. The summed E-state index contributed by atoms with van der Waals surface area (Å²) in [7, 11) is 0. The summed E-state index contributed by atoms with van der Waals surface area (Å²) in [5, 5.41) is 2.92. The van der Waals surface area contributed by atoms with Crippen molar-refractivity contribution in [2.24, 2.45) is 0 Å². The molecular formula is C30H33N5O3. The van der Waals surface area contributed by atoms with Gasteiger partial charge in [0.15, 0.2) is 0 Å². The first-order valence-corrected chi connectivity index (χ1v) is 13.4. The highest BCUT2D eigenvalue weighted by Crippen LogP contribution is 2.44. The van der Waals surface area contributed by atoms with E-state index in [1.54, 1.807) is 24.5 Å². The summed E-state index contributed by atoms with van der Waals surface area (Å²) in [6.45, 7) is 7.77. The number of nitrogens with one attached hydrogen (secondary N) is 1. The van der Waals surface area contributed by atoms with Crippen molar-refractivity contribution in [3.05, 3.63) is 82.3 Å². The molecule has 3 aliphatic heterocycles. The second kappa shape index (κ2) is 9.83. The van der Waals surface area contributed by atoms with Crippen LogP contribution in [0.4, 0.5) is 11.5 Å². The summed E-state index contributed by atoms with van der Waals surface area (Å²) in [4.78, 5) is 39.3. The molecule has 3 aliphatic rings. The van der Waals surface area contributed by atoms with Gasteiger partial charge in [0.1, 0.15) is 5.82 Å². The third-order valence-corrected chi connectivity index (χ3v) is 8.14. The van der Waals surface area contributed by atoms with Gasteiger partial charge in [-0.25, -0.2) is 4.98 Å². The smallest absolute Gasteiger partial charge is 0.257 e. The fraction of sp³-hybridized carbons (Fsp3) is 0.400. The fourth-order valence-electron chi connectivity index (χ4n) is 5.87. The zero-order valence-corrected chi connectivity index (χ0v) is 22.0. The van der Waals surface area contributed by atoms with E-state index in [4.69, 9.17) is 4.74 Å². The number of hydrogen-bond donors (Lipinski definition) is 1. The minimum atomic E-state index is -0.303. The Labute approximate surface area is 223 Å². The first-order chi connectivity index (χ1) is 18.4. The highest BCUT2D eigenvalue weighted by atomic mass is 16.5. The summed E-state index contributed by atoms with van der Waals surface area (Å²) in [6.07, 6.45) is 7.06. The van der Waals surface area contributed by atoms with Crippen LogP contribution in [0.3, 0.4) is 0 Å². The molecule has 1 aromatic carbocycles. The lowest BCUT2D eigenvalue weighted by atomic mass is 9.83. The lowest BCUT2D eigenvalue weighted by Crippen LogP contribution is -2.45. The fourth-order valence-corrected chi connectivity index (χ4v) is 5.87. The Hall–Kier alpha value is -3.78.